The maximum Gasteiger partial charge on any atom is 0.307 e. The van der Waals surface area contributed by atoms with Gasteiger partial charge in [-0.25, -0.2) is 5.43 Å². The molecule has 0 radical (unpaired) electrons. The van der Waals surface area contributed by atoms with Crippen LogP contribution in [0.2, 0.25) is 0 Å². The molecule has 0 fully saturated rings. The Morgan fingerprint density at radius 3 is 2.69 bits per heavy atom. The third kappa shape index (κ3) is 5.37. The number of rotatable bonds is 4. The van der Waals surface area contributed by atoms with Gasteiger partial charge in [0.15, 0.2) is 0 Å². The number of carbonyl (C=O) groups excluding carboxylic acids is 1. The van der Waals surface area contributed by atoms with Crippen molar-refractivity contribution in [2.24, 2.45) is 0 Å². The third-order valence-corrected chi connectivity index (χ3v) is 1.89. The minimum Gasteiger partial charge on any atom is -0.469 e. The highest BCUT2D eigenvalue weighted by Crippen LogP contribution is 1.98. The van der Waals surface area contributed by atoms with Crippen molar-refractivity contribution >= 4 is 23.3 Å². The summed E-state index contributed by atoms with van der Waals surface area (Å²) >= 11 is 4.85. The highest BCUT2D eigenvalue weighted by molar-refractivity contribution is 7.80. The molecule has 1 atom stereocenters. The average molecular weight is 206 g/mol. The highest BCUT2D eigenvalue weighted by atomic mass is 32.1. The smallest absolute Gasteiger partial charge is 0.307 e. The van der Waals surface area contributed by atoms with Crippen LogP contribution >= 0.6 is 12.2 Å². The number of methoxy groups -OCH3 is 1. The topological polar surface area (TPSA) is 78.0 Å². The van der Waals surface area contributed by atoms with Gasteiger partial charge in [0.25, 0.3) is 0 Å². The molecule has 0 aromatic rings. The van der Waals surface area contributed by atoms with E-state index in [-0.39, 0.29) is 12.0 Å². The van der Waals surface area contributed by atoms with Crippen LogP contribution in [-0.4, -0.2) is 24.2 Å². The van der Waals surface area contributed by atoms with Gasteiger partial charge in [0.1, 0.15) is 0 Å². The minimum atomic E-state index is -0.244. The number of hydrogen-bond donors (Lipinski definition) is 3. The van der Waals surface area contributed by atoms with Crippen LogP contribution in [0.25, 0.3) is 0 Å². The Kier molecular flexibility index (Phi) is 6.17. The molecular formula is C7H16N3O2S+. The molecule has 0 aliphatic carbocycles. The summed E-state index contributed by atoms with van der Waals surface area (Å²) in [6.07, 6.45) is 1.12. The zero-order valence-corrected chi connectivity index (χ0v) is 8.74. The summed E-state index contributed by atoms with van der Waals surface area (Å²) in [6, 6.07) is 0.00852. The van der Waals surface area contributed by atoms with E-state index in [9.17, 15) is 4.79 Å². The van der Waals surface area contributed by atoms with Crippen LogP contribution in [0.1, 0.15) is 19.8 Å². The van der Waals surface area contributed by atoms with E-state index >= 15 is 0 Å². The molecule has 5 nitrogen and oxygen atoms in total. The van der Waals surface area contributed by atoms with Crippen LogP contribution in [-0.2, 0) is 9.53 Å². The molecule has 0 amide bonds. The van der Waals surface area contributed by atoms with Gasteiger partial charge in [-0.1, -0.05) is 6.92 Å². The second-order valence-corrected chi connectivity index (χ2v) is 2.94. The molecule has 0 saturated carbocycles. The van der Waals surface area contributed by atoms with Gasteiger partial charge in [-0.3, -0.25) is 10.6 Å². The van der Waals surface area contributed by atoms with Gasteiger partial charge in [0, 0.05) is 6.04 Å². The molecule has 76 valence electrons. The van der Waals surface area contributed by atoms with Gasteiger partial charge in [-0.2, -0.15) is 0 Å². The maximum absolute atomic E-state index is 10.9. The Balaban J connectivity index is 3.89. The summed E-state index contributed by atoms with van der Waals surface area (Å²) in [7, 11) is 1.37. The number of esters is 1. The lowest BCUT2D eigenvalue weighted by Crippen LogP contribution is -2.70. The van der Waals surface area contributed by atoms with E-state index in [1.54, 1.807) is 0 Å². The van der Waals surface area contributed by atoms with E-state index < -0.39 is 0 Å². The van der Waals surface area contributed by atoms with Gasteiger partial charge in [0.2, 0.25) is 5.11 Å². The number of quaternary nitrogens is 1. The first-order valence-electron chi connectivity index (χ1n) is 4.04. The molecule has 0 bridgehead atoms. The summed E-state index contributed by atoms with van der Waals surface area (Å²) < 4.78 is 4.54. The lowest BCUT2D eigenvalue weighted by Gasteiger charge is -2.15. The molecule has 0 spiro atoms. The quantitative estimate of drug-likeness (QED) is 0.311. The van der Waals surface area contributed by atoms with Crippen LogP contribution in [0.3, 0.4) is 0 Å². The summed E-state index contributed by atoms with van der Waals surface area (Å²) in [5, 5.41) is 3.38. The fraction of sp³-hybridized carbons (Fsp3) is 0.714. The number of nitrogens with one attached hydrogen (secondary N) is 2. The predicted octanol–water partition coefficient (Wildman–Crippen LogP) is -1.05. The highest BCUT2D eigenvalue weighted by Gasteiger charge is 2.12. The Labute approximate surface area is 83.0 Å². The van der Waals surface area contributed by atoms with Crippen molar-refractivity contribution in [3.63, 3.8) is 0 Å². The van der Waals surface area contributed by atoms with Crippen molar-refractivity contribution in [1.29, 1.82) is 0 Å². The Hall–Kier alpha value is -0.880. The van der Waals surface area contributed by atoms with Gasteiger partial charge in [0.05, 0.1) is 13.5 Å². The van der Waals surface area contributed by atoms with Gasteiger partial charge in [-0.05, 0) is 18.6 Å². The fourth-order valence-corrected chi connectivity index (χ4v) is 0.985. The van der Waals surface area contributed by atoms with Crippen LogP contribution in [0.4, 0.5) is 0 Å². The zero-order chi connectivity index (χ0) is 10.3. The minimum absolute atomic E-state index is 0.00852. The molecule has 1 unspecified atom stereocenters. The van der Waals surface area contributed by atoms with Gasteiger partial charge in [-0.15, -0.1) is 0 Å². The summed E-state index contributed by atoms with van der Waals surface area (Å²) in [6.45, 7) is 1.96. The van der Waals surface area contributed by atoms with Crippen LogP contribution in [0, 0.1) is 0 Å². The molecule has 0 aliphatic heterocycles. The Morgan fingerprint density at radius 1 is 1.69 bits per heavy atom. The molecular weight excluding hydrogens is 190 g/mol. The molecule has 0 aliphatic rings. The first-order valence-corrected chi connectivity index (χ1v) is 4.45. The van der Waals surface area contributed by atoms with E-state index in [4.69, 9.17) is 12.2 Å². The predicted molar refractivity (Wildman–Crippen MR) is 52.5 cm³/mol. The third-order valence-electron chi connectivity index (χ3n) is 1.63. The second kappa shape index (κ2) is 6.62. The molecule has 0 aromatic heterocycles. The van der Waals surface area contributed by atoms with E-state index in [0.717, 1.165) is 6.42 Å². The van der Waals surface area contributed by atoms with Crippen LogP contribution in [0.15, 0.2) is 0 Å². The SMILES string of the molecule is CCC(CC(=O)OC)NC(=S)N[NH3+]. The molecule has 0 heterocycles. The first kappa shape index (κ1) is 12.1. The van der Waals surface area contributed by atoms with Crippen molar-refractivity contribution < 1.29 is 15.4 Å². The monoisotopic (exact) mass is 206 g/mol. The van der Waals surface area contributed by atoms with E-state index in [0.29, 0.717) is 11.5 Å². The summed E-state index contributed by atoms with van der Waals surface area (Å²) in [5.41, 5.74) is 2.54. The largest absolute Gasteiger partial charge is 0.469 e. The van der Waals surface area contributed by atoms with Crippen molar-refractivity contribution in [2.45, 2.75) is 25.8 Å². The standard InChI is InChI=1S/C7H15N3O2S/c1-3-5(4-6(11)12-2)9-7(13)10-8/h5H,3-4,8H2,1-2H3,(H2,9,10,13)/p+1. The number of thiocarbonyl (C=S) groups is 1. The van der Waals surface area contributed by atoms with Crippen LogP contribution in [0.5, 0.6) is 0 Å². The molecule has 5 N–H and O–H groups in total. The number of carbonyl (C=O) groups is 1. The van der Waals surface area contributed by atoms with E-state index in [1.165, 1.54) is 7.11 Å². The molecule has 0 rings (SSSR count). The first-order chi connectivity index (χ1) is 6.13. The number of hydrogen-bond acceptors (Lipinski definition) is 3. The Bertz CT molecular complexity index is 169. The van der Waals surface area contributed by atoms with Gasteiger partial charge >= 0.3 is 5.97 Å². The van der Waals surface area contributed by atoms with Crippen molar-refractivity contribution in [3.8, 4) is 0 Å². The normalized spacial score (nSPS) is 11.6. The average Bonchev–Trinajstić information content (AvgIpc) is 2.16. The lowest BCUT2D eigenvalue weighted by molar-refractivity contribution is -0.419. The van der Waals surface area contributed by atoms with Gasteiger partial charge < -0.3 is 10.1 Å². The number of ether oxygens (including phenoxy) is 1. The molecule has 0 saturated heterocycles. The van der Waals surface area contributed by atoms with E-state index in [1.807, 2.05) is 6.92 Å². The molecule has 6 heteroatoms. The molecule has 13 heavy (non-hydrogen) atoms. The summed E-state index contributed by atoms with van der Waals surface area (Å²) in [4.78, 5) is 10.9. The maximum atomic E-state index is 10.9. The molecule has 0 aromatic carbocycles. The van der Waals surface area contributed by atoms with E-state index in [2.05, 4.69) is 21.3 Å². The van der Waals surface area contributed by atoms with Crippen molar-refractivity contribution in [2.75, 3.05) is 7.11 Å². The van der Waals surface area contributed by atoms with Crippen molar-refractivity contribution in [3.05, 3.63) is 0 Å². The summed E-state index contributed by atoms with van der Waals surface area (Å²) in [5.74, 6) is 3.16. The zero-order valence-electron chi connectivity index (χ0n) is 7.92. The fourth-order valence-electron chi connectivity index (χ4n) is 0.818. The van der Waals surface area contributed by atoms with Crippen LogP contribution < -0.4 is 16.6 Å². The Morgan fingerprint density at radius 2 is 2.31 bits per heavy atom. The van der Waals surface area contributed by atoms with Crippen molar-refractivity contribution in [1.82, 2.24) is 10.7 Å². The second-order valence-electron chi connectivity index (χ2n) is 2.54. The lowest BCUT2D eigenvalue weighted by atomic mass is 10.1.